The SMILES string of the molecule is C1CCN([C]2CNCCN2)CC1. The molecule has 2 rings (SSSR count). The van der Waals surface area contributed by atoms with Crippen LogP contribution in [0.3, 0.4) is 0 Å². The summed E-state index contributed by atoms with van der Waals surface area (Å²) < 4.78 is 0. The van der Waals surface area contributed by atoms with Crippen molar-refractivity contribution >= 4 is 0 Å². The predicted octanol–water partition coefficient (Wildman–Crippen LogP) is 0.155. The molecule has 2 N–H and O–H groups in total. The minimum atomic E-state index is 1.04. The second-order valence-corrected chi connectivity index (χ2v) is 3.60. The molecule has 0 amide bonds. The van der Waals surface area contributed by atoms with E-state index >= 15 is 0 Å². The maximum Gasteiger partial charge on any atom is 0.118 e. The van der Waals surface area contributed by atoms with Gasteiger partial charge in [0.2, 0.25) is 0 Å². The lowest BCUT2D eigenvalue weighted by Crippen LogP contribution is -2.52. The van der Waals surface area contributed by atoms with Crippen molar-refractivity contribution in [2.45, 2.75) is 19.3 Å². The number of likely N-dealkylation sites (tertiary alicyclic amines) is 1. The van der Waals surface area contributed by atoms with Gasteiger partial charge in [-0.2, -0.15) is 0 Å². The standard InChI is InChI=1S/C9H18N3/c1-2-6-12(7-3-1)9-8-10-4-5-11-9/h10-11H,1-8H2. The summed E-state index contributed by atoms with van der Waals surface area (Å²) in [5, 5.41) is 6.86. The molecule has 0 saturated carbocycles. The molecule has 69 valence electrons. The molecule has 2 fully saturated rings. The van der Waals surface area contributed by atoms with Gasteiger partial charge in [0.15, 0.2) is 0 Å². The lowest BCUT2D eigenvalue weighted by Gasteiger charge is -2.36. The van der Waals surface area contributed by atoms with Gasteiger partial charge in [-0.25, -0.2) is 0 Å². The van der Waals surface area contributed by atoms with E-state index in [0.29, 0.717) is 0 Å². The Morgan fingerprint density at radius 1 is 1.00 bits per heavy atom. The maximum atomic E-state index is 3.47. The molecule has 3 heteroatoms. The van der Waals surface area contributed by atoms with Gasteiger partial charge in [0.25, 0.3) is 0 Å². The minimum absolute atomic E-state index is 1.04. The van der Waals surface area contributed by atoms with Crippen LogP contribution in [0, 0.1) is 6.17 Å². The van der Waals surface area contributed by atoms with Crippen LogP contribution in [-0.2, 0) is 0 Å². The molecule has 0 aromatic carbocycles. The first-order valence-electron chi connectivity index (χ1n) is 5.02. The molecule has 0 unspecified atom stereocenters. The lowest BCUT2D eigenvalue weighted by molar-refractivity contribution is 0.198. The van der Waals surface area contributed by atoms with E-state index in [1.54, 1.807) is 0 Å². The van der Waals surface area contributed by atoms with Crippen LogP contribution in [0.4, 0.5) is 0 Å². The number of hydrogen-bond donors (Lipinski definition) is 2. The summed E-state index contributed by atoms with van der Waals surface area (Å²) in [5.74, 6) is 0. The highest BCUT2D eigenvalue weighted by Gasteiger charge is 2.22. The highest BCUT2D eigenvalue weighted by atomic mass is 15.3. The van der Waals surface area contributed by atoms with Crippen LogP contribution in [0.2, 0.25) is 0 Å². The van der Waals surface area contributed by atoms with Crippen molar-refractivity contribution in [1.82, 2.24) is 15.5 Å². The second-order valence-electron chi connectivity index (χ2n) is 3.60. The fourth-order valence-corrected chi connectivity index (χ4v) is 1.95. The van der Waals surface area contributed by atoms with Crippen molar-refractivity contribution in [2.24, 2.45) is 0 Å². The maximum absolute atomic E-state index is 3.47. The fourth-order valence-electron chi connectivity index (χ4n) is 1.95. The first kappa shape index (κ1) is 8.48. The number of piperidine rings is 1. The lowest BCUT2D eigenvalue weighted by atomic mass is 10.1. The third-order valence-corrected chi connectivity index (χ3v) is 2.66. The normalized spacial score (nSPS) is 29.0. The first-order valence-corrected chi connectivity index (χ1v) is 5.02. The molecule has 2 saturated heterocycles. The van der Waals surface area contributed by atoms with Gasteiger partial charge in [-0.1, -0.05) is 6.42 Å². The highest BCUT2D eigenvalue weighted by Crippen LogP contribution is 2.14. The number of piperazine rings is 1. The van der Waals surface area contributed by atoms with Gasteiger partial charge in [-0.15, -0.1) is 0 Å². The second kappa shape index (κ2) is 4.21. The Labute approximate surface area is 74.5 Å². The topological polar surface area (TPSA) is 27.3 Å². The molecule has 12 heavy (non-hydrogen) atoms. The van der Waals surface area contributed by atoms with E-state index in [2.05, 4.69) is 15.5 Å². The molecule has 2 heterocycles. The zero-order valence-corrected chi connectivity index (χ0v) is 7.60. The Morgan fingerprint density at radius 2 is 1.83 bits per heavy atom. The van der Waals surface area contributed by atoms with Crippen LogP contribution in [0.5, 0.6) is 0 Å². The third kappa shape index (κ3) is 1.97. The van der Waals surface area contributed by atoms with E-state index in [1.807, 2.05) is 0 Å². The molecule has 0 bridgehead atoms. The van der Waals surface area contributed by atoms with Crippen LogP contribution >= 0.6 is 0 Å². The summed E-state index contributed by atoms with van der Waals surface area (Å²) in [7, 11) is 0. The van der Waals surface area contributed by atoms with E-state index in [4.69, 9.17) is 0 Å². The fraction of sp³-hybridized carbons (Fsp3) is 0.889. The number of nitrogens with zero attached hydrogens (tertiary/aromatic N) is 1. The molecule has 2 aliphatic heterocycles. The summed E-state index contributed by atoms with van der Waals surface area (Å²) in [6.07, 6.45) is 5.56. The average molecular weight is 168 g/mol. The number of nitrogens with one attached hydrogen (secondary N) is 2. The summed E-state index contributed by atoms with van der Waals surface area (Å²) in [4.78, 5) is 2.50. The van der Waals surface area contributed by atoms with Gasteiger partial charge in [0.1, 0.15) is 6.17 Å². The zero-order chi connectivity index (χ0) is 8.23. The largest absolute Gasteiger partial charge is 0.312 e. The smallest absolute Gasteiger partial charge is 0.118 e. The van der Waals surface area contributed by atoms with Crippen LogP contribution in [0.25, 0.3) is 0 Å². The highest BCUT2D eigenvalue weighted by molar-refractivity contribution is 4.93. The quantitative estimate of drug-likeness (QED) is 0.584. The molecule has 0 aromatic heterocycles. The molecule has 0 aliphatic carbocycles. The van der Waals surface area contributed by atoms with Crippen LogP contribution in [0.15, 0.2) is 0 Å². The van der Waals surface area contributed by atoms with E-state index in [0.717, 1.165) is 19.6 Å². The van der Waals surface area contributed by atoms with Crippen molar-refractivity contribution < 1.29 is 0 Å². The van der Waals surface area contributed by atoms with Crippen LogP contribution < -0.4 is 10.6 Å². The van der Waals surface area contributed by atoms with Gasteiger partial charge in [0, 0.05) is 32.7 Å². The van der Waals surface area contributed by atoms with Crippen molar-refractivity contribution in [3.63, 3.8) is 0 Å². The van der Waals surface area contributed by atoms with Gasteiger partial charge in [-0.05, 0) is 12.8 Å². The van der Waals surface area contributed by atoms with Crippen LogP contribution in [-0.4, -0.2) is 37.6 Å². The zero-order valence-electron chi connectivity index (χ0n) is 7.60. The first-order chi connectivity index (χ1) is 5.97. The van der Waals surface area contributed by atoms with Crippen molar-refractivity contribution in [3.8, 4) is 0 Å². The van der Waals surface area contributed by atoms with Crippen molar-refractivity contribution in [1.29, 1.82) is 0 Å². The Hall–Kier alpha value is -0.120. The third-order valence-electron chi connectivity index (χ3n) is 2.66. The molecular weight excluding hydrogens is 150 g/mol. The molecule has 2 aliphatic rings. The van der Waals surface area contributed by atoms with Gasteiger partial charge in [-0.3, -0.25) is 10.2 Å². The van der Waals surface area contributed by atoms with E-state index in [-0.39, 0.29) is 0 Å². The molecule has 0 aromatic rings. The summed E-state index contributed by atoms with van der Waals surface area (Å²) in [6.45, 7) is 5.75. The Kier molecular flexibility index (Phi) is 2.98. The molecule has 3 nitrogen and oxygen atoms in total. The van der Waals surface area contributed by atoms with E-state index < -0.39 is 0 Å². The van der Waals surface area contributed by atoms with E-state index in [1.165, 1.54) is 38.5 Å². The molecule has 0 atom stereocenters. The number of rotatable bonds is 1. The number of hydrogen-bond acceptors (Lipinski definition) is 3. The molecule has 1 radical (unpaired) electrons. The van der Waals surface area contributed by atoms with Crippen molar-refractivity contribution in [3.05, 3.63) is 6.17 Å². The van der Waals surface area contributed by atoms with E-state index in [9.17, 15) is 0 Å². The molecule has 0 spiro atoms. The Balaban J connectivity index is 1.80. The van der Waals surface area contributed by atoms with Gasteiger partial charge >= 0.3 is 0 Å². The minimum Gasteiger partial charge on any atom is -0.312 e. The van der Waals surface area contributed by atoms with Gasteiger partial charge in [0.05, 0.1) is 0 Å². The Bertz CT molecular complexity index is 110. The van der Waals surface area contributed by atoms with Crippen molar-refractivity contribution in [2.75, 3.05) is 32.7 Å². The summed E-state index contributed by atoms with van der Waals surface area (Å²) >= 11 is 0. The summed E-state index contributed by atoms with van der Waals surface area (Å²) in [6, 6.07) is 0. The molecular formula is C9H18N3. The average Bonchev–Trinajstić information content (AvgIpc) is 2.21. The predicted molar refractivity (Wildman–Crippen MR) is 49.5 cm³/mol. The monoisotopic (exact) mass is 168 g/mol. The Morgan fingerprint density at radius 3 is 2.50 bits per heavy atom. The van der Waals surface area contributed by atoms with Crippen LogP contribution in [0.1, 0.15) is 19.3 Å². The van der Waals surface area contributed by atoms with Gasteiger partial charge < -0.3 is 5.32 Å². The summed E-state index contributed by atoms with van der Waals surface area (Å²) in [5.41, 5.74) is 0.